The standard InChI is InChI=1S/C18H21NO6S/c1-12-4-7-17(13(2)10-12)26(23,24)19-15-6-5-14(18(21)22)11-16(15)25-9-3-8-20/h4-7,10-11,19-20H,3,8-9H2,1-2H3,(H,21,22). The number of carboxylic acids is 1. The second kappa shape index (κ2) is 8.20. The number of aliphatic hydroxyl groups excluding tert-OH is 1. The first kappa shape index (κ1) is 19.7. The molecule has 2 aromatic carbocycles. The van der Waals surface area contributed by atoms with Crippen LogP contribution < -0.4 is 9.46 Å². The Kier molecular flexibility index (Phi) is 6.23. The van der Waals surface area contributed by atoms with Crippen molar-refractivity contribution in [3.05, 3.63) is 53.1 Å². The number of hydrogen-bond donors (Lipinski definition) is 3. The molecule has 0 saturated carbocycles. The highest BCUT2D eigenvalue weighted by molar-refractivity contribution is 7.92. The van der Waals surface area contributed by atoms with Gasteiger partial charge in [-0.25, -0.2) is 13.2 Å². The van der Waals surface area contributed by atoms with Gasteiger partial charge in [0.25, 0.3) is 10.0 Å². The van der Waals surface area contributed by atoms with Gasteiger partial charge in [-0.1, -0.05) is 17.7 Å². The predicted octanol–water partition coefficient (Wildman–Crippen LogP) is 2.56. The van der Waals surface area contributed by atoms with Gasteiger partial charge >= 0.3 is 5.97 Å². The van der Waals surface area contributed by atoms with Crippen molar-refractivity contribution in [2.75, 3.05) is 17.9 Å². The molecule has 0 aliphatic heterocycles. The van der Waals surface area contributed by atoms with Crippen LogP contribution in [-0.4, -0.2) is 37.8 Å². The van der Waals surface area contributed by atoms with Crippen LogP contribution in [-0.2, 0) is 10.0 Å². The van der Waals surface area contributed by atoms with E-state index in [0.29, 0.717) is 12.0 Å². The van der Waals surface area contributed by atoms with Gasteiger partial charge in [-0.05, 0) is 43.7 Å². The second-order valence-electron chi connectivity index (χ2n) is 5.82. The monoisotopic (exact) mass is 379 g/mol. The molecular formula is C18H21NO6S. The van der Waals surface area contributed by atoms with Crippen LogP contribution in [0.3, 0.4) is 0 Å². The molecule has 0 saturated heterocycles. The lowest BCUT2D eigenvalue weighted by Gasteiger charge is -2.15. The van der Waals surface area contributed by atoms with Crippen LogP contribution in [0.15, 0.2) is 41.3 Å². The minimum absolute atomic E-state index is 0.0292. The minimum Gasteiger partial charge on any atom is -0.491 e. The molecule has 7 nitrogen and oxygen atoms in total. The van der Waals surface area contributed by atoms with Crippen molar-refractivity contribution in [3.8, 4) is 5.75 Å². The zero-order valence-electron chi connectivity index (χ0n) is 14.5. The molecule has 0 spiro atoms. The predicted molar refractivity (Wildman–Crippen MR) is 97.3 cm³/mol. The Morgan fingerprint density at radius 3 is 2.50 bits per heavy atom. The highest BCUT2D eigenvalue weighted by Gasteiger charge is 2.20. The minimum atomic E-state index is -3.87. The number of ether oxygens (including phenoxy) is 1. The van der Waals surface area contributed by atoms with E-state index in [4.69, 9.17) is 14.9 Å². The molecule has 0 atom stereocenters. The van der Waals surface area contributed by atoms with Crippen LogP contribution in [0.5, 0.6) is 5.75 Å². The van der Waals surface area contributed by atoms with Crippen molar-refractivity contribution in [3.63, 3.8) is 0 Å². The topological polar surface area (TPSA) is 113 Å². The van der Waals surface area contributed by atoms with E-state index >= 15 is 0 Å². The van der Waals surface area contributed by atoms with Crippen molar-refractivity contribution in [1.29, 1.82) is 0 Å². The number of benzene rings is 2. The van der Waals surface area contributed by atoms with Crippen LogP contribution in [0.1, 0.15) is 27.9 Å². The summed E-state index contributed by atoms with van der Waals surface area (Å²) >= 11 is 0. The summed E-state index contributed by atoms with van der Waals surface area (Å²) in [5, 5.41) is 18.0. The third kappa shape index (κ3) is 4.74. The fraction of sp³-hybridized carbons (Fsp3) is 0.278. The van der Waals surface area contributed by atoms with Crippen molar-refractivity contribution in [2.45, 2.75) is 25.2 Å². The molecule has 0 unspecified atom stereocenters. The zero-order valence-corrected chi connectivity index (χ0v) is 15.3. The Hall–Kier alpha value is -2.58. The SMILES string of the molecule is Cc1ccc(S(=O)(=O)Nc2ccc(C(=O)O)cc2OCCCO)c(C)c1. The number of nitrogens with one attached hydrogen (secondary N) is 1. The molecule has 140 valence electrons. The number of carbonyl (C=O) groups is 1. The summed E-state index contributed by atoms with van der Waals surface area (Å²) in [4.78, 5) is 11.3. The van der Waals surface area contributed by atoms with Gasteiger partial charge in [-0.2, -0.15) is 0 Å². The third-order valence-electron chi connectivity index (χ3n) is 3.65. The molecule has 8 heteroatoms. The van der Waals surface area contributed by atoms with E-state index in [0.717, 1.165) is 5.56 Å². The molecule has 0 fully saturated rings. The van der Waals surface area contributed by atoms with Crippen LogP contribution in [0.2, 0.25) is 0 Å². The lowest BCUT2D eigenvalue weighted by Crippen LogP contribution is -2.16. The number of anilines is 1. The molecule has 0 aliphatic rings. The molecule has 0 aliphatic carbocycles. The van der Waals surface area contributed by atoms with Crippen molar-refractivity contribution in [1.82, 2.24) is 0 Å². The average molecular weight is 379 g/mol. The summed E-state index contributed by atoms with van der Waals surface area (Å²) in [6.07, 6.45) is 0.334. The largest absolute Gasteiger partial charge is 0.491 e. The Morgan fingerprint density at radius 1 is 1.15 bits per heavy atom. The van der Waals surface area contributed by atoms with Crippen molar-refractivity contribution < 1.29 is 28.2 Å². The maximum absolute atomic E-state index is 12.7. The summed E-state index contributed by atoms with van der Waals surface area (Å²) in [6, 6.07) is 8.87. The Balaban J connectivity index is 2.38. The molecule has 0 heterocycles. The smallest absolute Gasteiger partial charge is 0.335 e. The summed E-state index contributed by atoms with van der Waals surface area (Å²) in [5.74, 6) is -1.06. The van der Waals surface area contributed by atoms with E-state index in [1.165, 1.54) is 24.3 Å². The third-order valence-corrected chi connectivity index (χ3v) is 5.18. The first-order valence-electron chi connectivity index (χ1n) is 7.95. The molecule has 0 bridgehead atoms. The fourth-order valence-corrected chi connectivity index (χ4v) is 3.70. The van der Waals surface area contributed by atoms with E-state index in [9.17, 15) is 13.2 Å². The molecule has 0 amide bonds. The average Bonchev–Trinajstić information content (AvgIpc) is 2.55. The first-order chi connectivity index (χ1) is 12.2. The number of sulfonamides is 1. The van der Waals surface area contributed by atoms with E-state index < -0.39 is 16.0 Å². The van der Waals surface area contributed by atoms with Gasteiger partial charge in [-0.15, -0.1) is 0 Å². The molecule has 3 N–H and O–H groups in total. The highest BCUT2D eigenvalue weighted by Crippen LogP contribution is 2.29. The van der Waals surface area contributed by atoms with Crippen molar-refractivity contribution in [2.24, 2.45) is 0 Å². The van der Waals surface area contributed by atoms with Crippen LogP contribution in [0.4, 0.5) is 5.69 Å². The molecular weight excluding hydrogens is 358 g/mol. The maximum Gasteiger partial charge on any atom is 0.335 e. The molecule has 0 radical (unpaired) electrons. The van der Waals surface area contributed by atoms with Gasteiger partial charge in [0, 0.05) is 13.0 Å². The summed E-state index contributed by atoms with van der Waals surface area (Å²) < 4.78 is 33.3. The maximum atomic E-state index is 12.7. The highest BCUT2D eigenvalue weighted by atomic mass is 32.2. The van der Waals surface area contributed by atoms with Crippen LogP contribution >= 0.6 is 0 Å². The fourth-order valence-electron chi connectivity index (χ4n) is 2.41. The lowest BCUT2D eigenvalue weighted by molar-refractivity contribution is 0.0696. The second-order valence-corrected chi connectivity index (χ2v) is 7.47. The van der Waals surface area contributed by atoms with Crippen LogP contribution in [0, 0.1) is 13.8 Å². The van der Waals surface area contributed by atoms with Crippen molar-refractivity contribution >= 4 is 21.7 Å². The lowest BCUT2D eigenvalue weighted by atomic mass is 10.2. The summed E-state index contributed by atoms with van der Waals surface area (Å²) in [5.41, 5.74) is 1.65. The number of aliphatic hydroxyl groups is 1. The number of aryl methyl sites for hydroxylation is 2. The molecule has 26 heavy (non-hydrogen) atoms. The van der Waals surface area contributed by atoms with Gasteiger partial charge < -0.3 is 14.9 Å². The van der Waals surface area contributed by atoms with Gasteiger partial charge in [-0.3, -0.25) is 4.72 Å². The van der Waals surface area contributed by atoms with Gasteiger partial charge in [0.15, 0.2) is 0 Å². The van der Waals surface area contributed by atoms with Gasteiger partial charge in [0.2, 0.25) is 0 Å². The Bertz CT molecular complexity index is 908. The van der Waals surface area contributed by atoms with E-state index in [2.05, 4.69) is 4.72 Å². The molecule has 2 rings (SSSR count). The molecule has 2 aromatic rings. The van der Waals surface area contributed by atoms with E-state index in [1.807, 2.05) is 6.92 Å². The number of carboxylic acid groups (broad SMARTS) is 1. The molecule has 0 aromatic heterocycles. The zero-order chi connectivity index (χ0) is 19.3. The van der Waals surface area contributed by atoms with E-state index in [1.54, 1.807) is 19.1 Å². The van der Waals surface area contributed by atoms with Gasteiger partial charge in [0.05, 0.1) is 22.8 Å². The summed E-state index contributed by atoms with van der Waals surface area (Å²) in [6.45, 7) is 3.60. The number of hydrogen-bond acceptors (Lipinski definition) is 5. The number of aromatic carboxylic acids is 1. The summed E-state index contributed by atoms with van der Waals surface area (Å²) in [7, 11) is -3.87. The first-order valence-corrected chi connectivity index (χ1v) is 9.44. The Morgan fingerprint density at radius 2 is 1.88 bits per heavy atom. The quantitative estimate of drug-likeness (QED) is 0.608. The normalized spacial score (nSPS) is 11.2. The van der Waals surface area contributed by atoms with Gasteiger partial charge in [0.1, 0.15) is 5.75 Å². The van der Waals surface area contributed by atoms with Crippen LogP contribution in [0.25, 0.3) is 0 Å². The Labute approximate surface area is 152 Å². The number of rotatable bonds is 8. The van der Waals surface area contributed by atoms with E-state index in [-0.39, 0.29) is 35.1 Å².